The molecule has 14 heavy (non-hydrogen) atoms. The quantitative estimate of drug-likeness (QED) is 0.742. The van der Waals surface area contributed by atoms with Crippen LogP contribution in [0.4, 0.5) is 0 Å². The summed E-state index contributed by atoms with van der Waals surface area (Å²) >= 11 is 0. The summed E-state index contributed by atoms with van der Waals surface area (Å²) in [7, 11) is 0. The lowest BCUT2D eigenvalue weighted by atomic mass is 9.85. The van der Waals surface area contributed by atoms with Gasteiger partial charge < -0.3 is 9.73 Å². The van der Waals surface area contributed by atoms with Gasteiger partial charge in [0.15, 0.2) is 0 Å². The van der Waals surface area contributed by atoms with Crippen LogP contribution in [0.3, 0.4) is 0 Å². The van der Waals surface area contributed by atoms with Crippen LogP contribution in [0.5, 0.6) is 0 Å². The highest BCUT2D eigenvalue weighted by atomic mass is 16.3. The van der Waals surface area contributed by atoms with Crippen molar-refractivity contribution >= 4 is 0 Å². The Kier molecular flexibility index (Phi) is 2.40. The molecule has 2 rings (SSSR count). The molecule has 0 saturated heterocycles. The second kappa shape index (κ2) is 3.43. The van der Waals surface area contributed by atoms with Gasteiger partial charge in [-0.15, -0.1) is 0 Å². The Morgan fingerprint density at radius 1 is 1.50 bits per heavy atom. The van der Waals surface area contributed by atoms with Crippen LogP contribution in [0.2, 0.25) is 0 Å². The minimum Gasteiger partial charge on any atom is -0.467 e. The van der Waals surface area contributed by atoms with Crippen LogP contribution in [0.25, 0.3) is 0 Å². The molecule has 0 bridgehead atoms. The molecule has 0 fully saturated rings. The third-order valence-corrected chi connectivity index (χ3v) is 2.70. The molecule has 78 valence electrons. The van der Waals surface area contributed by atoms with Crippen molar-refractivity contribution in [1.82, 2.24) is 5.32 Å². The highest BCUT2D eigenvalue weighted by Gasteiger charge is 2.26. The van der Waals surface area contributed by atoms with Crippen molar-refractivity contribution < 1.29 is 4.42 Å². The van der Waals surface area contributed by atoms with E-state index in [4.69, 9.17) is 4.42 Å². The van der Waals surface area contributed by atoms with Crippen LogP contribution in [-0.2, 0) is 6.42 Å². The van der Waals surface area contributed by atoms with Gasteiger partial charge in [0.2, 0.25) is 0 Å². The molecule has 1 aromatic heterocycles. The lowest BCUT2D eigenvalue weighted by Gasteiger charge is -2.29. The van der Waals surface area contributed by atoms with Crippen LogP contribution >= 0.6 is 0 Å². The fourth-order valence-corrected chi connectivity index (χ4v) is 2.11. The minimum atomic E-state index is 0.346. The van der Waals surface area contributed by atoms with Crippen molar-refractivity contribution in [1.29, 1.82) is 0 Å². The van der Waals surface area contributed by atoms with Crippen molar-refractivity contribution in [2.75, 3.05) is 6.54 Å². The van der Waals surface area contributed by atoms with Crippen LogP contribution in [0.1, 0.15) is 44.6 Å². The molecule has 0 spiro atoms. The maximum atomic E-state index is 5.55. The highest BCUT2D eigenvalue weighted by molar-refractivity contribution is 5.23. The Balaban J connectivity index is 2.16. The molecule has 1 unspecified atom stereocenters. The van der Waals surface area contributed by atoms with Gasteiger partial charge in [-0.3, -0.25) is 0 Å². The molecule has 1 aliphatic heterocycles. The summed E-state index contributed by atoms with van der Waals surface area (Å²) < 4.78 is 5.55. The van der Waals surface area contributed by atoms with Crippen molar-refractivity contribution in [3.8, 4) is 0 Å². The van der Waals surface area contributed by atoms with Crippen LogP contribution < -0.4 is 5.32 Å². The molecule has 0 radical (unpaired) electrons. The van der Waals surface area contributed by atoms with E-state index in [1.54, 1.807) is 0 Å². The highest BCUT2D eigenvalue weighted by Crippen LogP contribution is 2.33. The topological polar surface area (TPSA) is 25.2 Å². The summed E-state index contributed by atoms with van der Waals surface area (Å²) in [6.07, 6.45) is 4.05. The first-order valence-electron chi connectivity index (χ1n) is 5.36. The summed E-state index contributed by atoms with van der Waals surface area (Å²) in [5.74, 6) is 1.16. The molecule has 2 heterocycles. The monoisotopic (exact) mass is 193 g/mol. The number of rotatable bonds is 1. The third-order valence-electron chi connectivity index (χ3n) is 2.70. The number of fused-ring (bicyclic) bond motifs is 1. The van der Waals surface area contributed by atoms with Crippen molar-refractivity contribution in [3.63, 3.8) is 0 Å². The summed E-state index contributed by atoms with van der Waals surface area (Å²) in [4.78, 5) is 0. The van der Waals surface area contributed by atoms with Gasteiger partial charge in [0, 0.05) is 0 Å². The molecule has 0 saturated carbocycles. The molecule has 1 aromatic rings. The van der Waals surface area contributed by atoms with Gasteiger partial charge in [-0.2, -0.15) is 0 Å². The van der Waals surface area contributed by atoms with E-state index in [9.17, 15) is 0 Å². The van der Waals surface area contributed by atoms with Crippen LogP contribution in [0.15, 0.2) is 16.7 Å². The van der Waals surface area contributed by atoms with Crippen LogP contribution in [0, 0.1) is 5.41 Å². The number of furan rings is 1. The normalized spacial score (nSPS) is 22.1. The summed E-state index contributed by atoms with van der Waals surface area (Å²) in [6.45, 7) is 7.89. The summed E-state index contributed by atoms with van der Waals surface area (Å²) in [6, 6.07) is 2.51. The Morgan fingerprint density at radius 3 is 3.00 bits per heavy atom. The predicted molar refractivity (Wildman–Crippen MR) is 57.2 cm³/mol. The van der Waals surface area contributed by atoms with Crippen molar-refractivity contribution in [2.45, 2.75) is 39.7 Å². The molecule has 1 aliphatic rings. The largest absolute Gasteiger partial charge is 0.467 e. The number of hydrogen-bond acceptors (Lipinski definition) is 2. The fraction of sp³-hybridized carbons (Fsp3) is 0.667. The van der Waals surface area contributed by atoms with E-state index >= 15 is 0 Å². The average molecular weight is 193 g/mol. The predicted octanol–water partition coefficient (Wildman–Crippen LogP) is 2.90. The SMILES string of the molecule is CC(C)(C)CC1NCCc2ccoc21. The molecule has 2 heteroatoms. The number of nitrogens with one attached hydrogen (secondary N) is 1. The third kappa shape index (κ3) is 2.01. The fourth-order valence-electron chi connectivity index (χ4n) is 2.11. The van der Waals surface area contributed by atoms with E-state index < -0.39 is 0 Å². The van der Waals surface area contributed by atoms with Crippen molar-refractivity contribution in [3.05, 3.63) is 23.7 Å². The van der Waals surface area contributed by atoms with Gasteiger partial charge in [-0.25, -0.2) is 0 Å². The van der Waals surface area contributed by atoms with E-state index in [2.05, 4.69) is 32.2 Å². The van der Waals surface area contributed by atoms with Gasteiger partial charge >= 0.3 is 0 Å². The molecule has 2 nitrogen and oxygen atoms in total. The molecule has 0 amide bonds. The van der Waals surface area contributed by atoms with Gasteiger partial charge in [-0.1, -0.05) is 20.8 Å². The second-order valence-electron chi connectivity index (χ2n) is 5.33. The zero-order valence-electron chi connectivity index (χ0n) is 9.26. The van der Waals surface area contributed by atoms with Crippen LogP contribution in [-0.4, -0.2) is 6.54 Å². The molecule has 1 atom stereocenters. The Labute approximate surface area is 85.7 Å². The molecule has 1 N–H and O–H groups in total. The van der Waals surface area contributed by atoms with E-state index in [-0.39, 0.29) is 0 Å². The maximum Gasteiger partial charge on any atom is 0.123 e. The standard InChI is InChI=1S/C12H19NO/c1-12(2,3)8-10-11-9(4-6-13-10)5-7-14-11/h5,7,10,13H,4,6,8H2,1-3H3. The minimum absolute atomic E-state index is 0.346. The molecule has 0 aromatic carbocycles. The molecule has 0 aliphatic carbocycles. The van der Waals surface area contributed by atoms with Crippen molar-refractivity contribution in [2.24, 2.45) is 5.41 Å². The summed E-state index contributed by atoms with van der Waals surface area (Å²) in [5.41, 5.74) is 1.73. The Morgan fingerprint density at radius 2 is 2.29 bits per heavy atom. The first-order chi connectivity index (χ1) is 6.56. The summed E-state index contributed by atoms with van der Waals surface area (Å²) in [5, 5.41) is 3.52. The molecular formula is C12H19NO. The molecular weight excluding hydrogens is 174 g/mol. The van der Waals surface area contributed by atoms with Gasteiger partial charge in [0.05, 0.1) is 12.3 Å². The van der Waals surface area contributed by atoms with Gasteiger partial charge in [0.1, 0.15) is 5.76 Å². The number of hydrogen-bond donors (Lipinski definition) is 1. The lowest BCUT2D eigenvalue weighted by molar-refractivity contribution is 0.274. The lowest BCUT2D eigenvalue weighted by Crippen LogP contribution is -2.31. The average Bonchev–Trinajstić information content (AvgIpc) is 2.49. The Bertz CT molecular complexity index is 308. The smallest absolute Gasteiger partial charge is 0.123 e. The Hall–Kier alpha value is -0.760. The second-order valence-corrected chi connectivity index (χ2v) is 5.33. The van der Waals surface area contributed by atoms with Gasteiger partial charge in [0.25, 0.3) is 0 Å². The first-order valence-corrected chi connectivity index (χ1v) is 5.36. The van der Waals surface area contributed by atoms with E-state index in [0.29, 0.717) is 11.5 Å². The first kappa shape index (κ1) is 9.78. The van der Waals surface area contributed by atoms with E-state index in [0.717, 1.165) is 25.1 Å². The van der Waals surface area contributed by atoms with E-state index in [1.165, 1.54) is 5.56 Å². The van der Waals surface area contributed by atoms with Gasteiger partial charge in [-0.05, 0) is 36.4 Å². The zero-order chi connectivity index (χ0) is 10.2. The maximum absolute atomic E-state index is 5.55. The zero-order valence-corrected chi connectivity index (χ0v) is 9.26. The van der Waals surface area contributed by atoms with E-state index in [1.807, 2.05) is 6.26 Å².